The molecule has 160 valence electrons. The van der Waals surface area contributed by atoms with Crippen molar-refractivity contribution in [3.8, 4) is 0 Å². The van der Waals surface area contributed by atoms with Gasteiger partial charge < -0.3 is 10.4 Å². The molecule has 2 saturated heterocycles. The van der Waals surface area contributed by atoms with Gasteiger partial charge >= 0.3 is 0 Å². The number of anilines is 1. The highest BCUT2D eigenvalue weighted by molar-refractivity contribution is 6.15. The van der Waals surface area contributed by atoms with E-state index >= 15 is 0 Å². The number of aliphatic hydroxyl groups is 1. The van der Waals surface area contributed by atoms with Gasteiger partial charge in [0.25, 0.3) is 0 Å². The summed E-state index contributed by atoms with van der Waals surface area (Å²) in [5.74, 6) is -3.93. The Labute approximate surface area is 178 Å². The summed E-state index contributed by atoms with van der Waals surface area (Å²) in [6.07, 6.45) is -0.516. The molecule has 0 aromatic heterocycles. The molecule has 2 aromatic rings. The number of carbonyl (C=O) groups excluding carboxylic acids is 3. The van der Waals surface area contributed by atoms with E-state index in [1.165, 1.54) is 30.0 Å². The lowest BCUT2D eigenvalue weighted by molar-refractivity contribution is -0.143. The molecule has 5 rings (SSSR count). The zero-order valence-corrected chi connectivity index (χ0v) is 16.8. The molecule has 0 radical (unpaired) electrons. The Bertz CT molecular complexity index is 1090. The number of rotatable bonds is 4. The van der Waals surface area contributed by atoms with Gasteiger partial charge in [-0.3, -0.25) is 24.6 Å². The Kier molecular flexibility index (Phi) is 4.46. The van der Waals surface area contributed by atoms with E-state index in [0.717, 1.165) is 5.56 Å². The molecule has 1 spiro atoms. The van der Waals surface area contributed by atoms with E-state index in [4.69, 9.17) is 0 Å². The van der Waals surface area contributed by atoms with Gasteiger partial charge in [-0.05, 0) is 37.1 Å². The third kappa shape index (κ3) is 2.75. The number of fused-ring (bicyclic) bond motifs is 4. The van der Waals surface area contributed by atoms with Crippen LogP contribution >= 0.6 is 0 Å². The lowest BCUT2D eigenvalue weighted by Gasteiger charge is -2.30. The molecule has 2 aromatic carbocycles. The van der Waals surface area contributed by atoms with Crippen LogP contribution in [0.3, 0.4) is 0 Å². The zero-order chi connectivity index (χ0) is 21.9. The van der Waals surface area contributed by atoms with Gasteiger partial charge in [0.05, 0.1) is 17.9 Å². The summed E-state index contributed by atoms with van der Waals surface area (Å²) in [6.45, 7) is 1.69. The normalized spacial score (nSPS) is 30.0. The topological polar surface area (TPSA) is 98.7 Å². The van der Waals surface area contributed by atoms with E-state index in [9.17, 15) is 23.9 Å². The van der Waals surface area contributed by atoms with Crippen LogP contribution in [0.2, 0.25) is 0 Å². The molecule has 0 bridgehead atoms. The molecule has 3 aliphatic rings. The molecule has 0 unspecified atom stereocenters. The molecule has 3 aliphatic heterocycles. The van der Waals surface area contributed by atoms with Crippen molar-refractivity contribution in [2.75, 3.05) is 11.9 Å². The van der Waals surface area contributed by atoms with Crippen molar-refractivity contribution in [3.05, 3.63) is 65.5 Å². The number of nitrogens with zero attached hydrogens (tertiary/aromatic N) is 1. The number of aliphatic hydroxyl groups excluding tert-OH is 1. The average molecular weight is 423 g/mol. The van der Waals surface area contributed by atoms with Crippen LogP contribution in [0.1, 0.15) is 18.1 Å². The molecule has 8 heteroatoms. The summed E-state index contributed by atoms with van der Waals surface area (Å²) in [5, 5.41) is 16.1. The summed E-state index contributed by atoms with van der Waals surface area (Å²) in [5.41, 5.74) is 0.0672. The summed E-state index contributed by atoms with van der Waals surface area (Å²) in [4.78, 5) is 41.1. The average Bonchev–Trinajstić information content (AvgIpc) is 3.33. The minimum Gasteiger partial charge on any atom is -0.392 e. The monoisotopic (exact) mass is 423 g/mol. The Morgan fingerprint density at radius 3 is 2.58 bits per heavy atom. The second-order valence-corrected chi connectivity index (χ2v) is 8.43. The van der Waals surface area contributed by atoms with Gasteiger partial charge in [-0.15, -0.1) is 0 Å². The molecule has 7 nitrogen and oxygen atoms in total. The van der Waals surface area contributed by atoms with Crippen LogP contribution in [0, 0.1) is 17.7 Å². The van der Waals surface area contributed by atoms with Gasteiger partial charge in [-0.1, -0.05) is 30.3 Å². The van der Waals surface area contributed by atoms with Gasteiger partial charge in [0, 0.05) is 23.8 Å². The van der Waals surface area contributed by atoms with Crippen LogP contribution in [0.5, 0.6) is 0 Å². The SMILES string of the molecule is C[C@@H](O)[C@@H]1N[C@]2(C(=O)Nc3ccc(F)cc32)[C@@H]2C(=O)N(CCc3ccccc3)C(=O)[C@H]12. The highest BCUT2D eigenvalue weighted by Crippen LogP contribution is 2.53. The maximum atomic E-state index is 14.1. The number of halogens is 1. The van der Waals surface area contributed by atoms with Crippen LogP contribution in [0.4, 0.5) is 10.1 Å². The predicted molar refractivity (Wildman–Crippen MR) is 109 cm³/mol. The van der Waals surface area contributed by atoms with Gasteiger partial charge in [0.2, 0.25) is 17.7 Å². The van der Waals surface area contributed by atoms with E-state index in [1.54, 1.807) is 0 Å². The van der Waals surface area contributed by atoms with Crippen LogP contribution in [-0.2, 0) is 26.3 Å². The van der Waals surface area contributed by atoms with E-state index in [2.05, 4.69) is 10.6 Å². The number of imide groups is 1. The lowest BCUT2D eigenvalue weighted by atomic mass is 9.76. The minimum absolute atomic E-state index is 0.176. The zero-order valence-electron chi connectivity index (χ0n) is 16.8. The molecule has 3 N–H and O–H groups in total. The number of benzene rings is 2. The predicted octanol–water partition coefficient (Wildman–Crippen LogP) is 1.17. The van der Waals surface area contributed by atoms with Crippen molar-refractivity contribution in [1.29, 1.82) is 0 Å². The van der Waals surface area contributed by atoms with Gasteiger partial charge in [-0.2, -0.15) is 0 Å². The Hall–Kier alpha value is -3.10. The third-order valence-electron chi connectivity index (χ3n) is 6.69. The number of hydrogen-bond donors (Lipinski definition) is 3. The minimum atomic E-state index is -1.60. The number of amides is 3. The van der Waals surface area contributed by atoms with Gasteiger partial charge in [-0.25, -0.2) is 4.39 Å². The molecule has 0 aliphatic carbocycles. The molecule has 0 saturated carbocycles. The maximum absolute atomic E-state index is 14.1. The first-order valence-electron chi connectivity index (χ1n) is 10.3. The van der Waals surface area contributed by atoms with Gasteiger partial charge in [0.15, 0.2) is 0 Å². The Morgan fingerprint density at radius 2 is 1.87 bits per heavy atom. The first kappa shape index (κ1) is 19.8. The fourth-order valence-electron chi connectivity index (χ4n) is 5.28. The molecule has 5 atom stereocenters. The second kappa shape index (κ2) is 6.96. The second-order valence-electron chi connectivity index (χ2n) is 8.43. The largest absolute Gasteiger partial charge is 0.392 e. The maximum Gasteiger partial charge on any atom is 0.250 e. The summed E-state index contributed by atoms with van der Waals surface area (Å²) < 4.78 is 14.1. The molecule has 3 heterocycles. The van der Waals surface area contributed by atoms with Crippen molar-refractivity contribution in [2.45, 2.75) is 31.0 Å². The summed E-state index contributed by atoms with van der Waals surface area (Å²) in [7, 11) is 0. The van der Waals surface area contributed by atoms with E-state index in [0.29, 0.717) is 17.7 Å². The molecular formula is C23H22FN3O4. The third-order valence-corrected chi connectivity index (χ3v) is 6.69. The fourth-order valence-corrected chi connectivity index (χ4v) is 5.28. The summed E-state index contributed by atoms with van der Waals surface area (Å²) in [6, 6.07) is 12.5. The van der Waals surface area contributed by atoms with E-state index in [1.807, 2.05) is 30.3 Å². The fraction of sp³-hybridized carbons (Fsp3) is 0.348. The molecular weight excluding hydrogens is 401 g/mol. The molecule has 2 fully saturated rings. The number of carbonyl (C=O) groups is 3. The van der Waals surface area contributed by atoms with Gasteiger partial charge in [0.1, 0.15) is 11.4 Å². The molecule has 31 heavy (non-hydrogen) atoms. The van der Waals surface area contributed by atoms with Crippen molar-refractivity contribution in [2.24, 2.45) is 11.8 Å². The molecule has 3 amide bonds. The lowest BCUT2D eigenvalue weighted by Crippen LogP contribution is -2.55. The van der Waals surface area contributed by atoms with Crippen LogP contribution in [0.15, 0.2) is 48.5 Å². The van der Waals surface area contributed by atoms with Crippen LogP contribution < -0.4 is 10.6 Å². The van der Waals surface area contributed by atoms with Crippen LogP contribution in [0.25, 0.3) is 0 Å². The Balaban J connectivity index is 1.55. The van der Waals surface area contributed by atoms with Crippen LogP contribution in [-0.4, -0.2) is 46.4 Å². The number of hydrogen-bond acceptors (Lipinski definition) is 5. The van der Waals surface area contributed by atoms with E-state index in [-0.39, 0.29) is 6.54 Å². The van der Waals surface area contributed by atoms with Crippen molar-refractivity contribution in [3.63, 3.8) is 0 Å². The highest BCUT2D eigenvalue weighted by atomic mass is 19.1. The number of likely N-dealkylation sites (tertiary alicyclic amines) is 1. The summed E-state index contributed by atoms with van der Waals surface area (Å²) >= 11 is 0. The quantitative estimate of drug-likeness (QED) is 0.642. The first-order valence-corrected chi connectivity index (χ1v) is 10.3. The van der Waals surface area contributed by atoms with Crippen molar-refractivity contribution in [1.82, 2.24) is 10.2 Å². The smallest absolute Gasteiger partial charge is 0.250 e. The van der Waals surface area contributed by atoms with E-state index < -0.39 is 53.1 Å². The highest BCUT2D eigenvalue weighted by Gasteiger charge is 2.71. The first-order chi connectivity index (χ1) is 14.8. The standard InChI is InChI=1S/C23H22FN3O4/c1-12(28)19-17-18(21(30)27(20(17)29)10-9-13-5-3-2-4-6-13)23(26-19)15-11-14(24)7-8-16(15)25-22(23)31/h2-8,11-12,17-19,26,28H,9-10H2,1H3,(H,25,31)/t12-,17+,18+,19+,23+/m1/s1. The number of nitrogens with one attached hydrogen (secondary N) is 2. The van der Waals surface area contributed by atoms with Crippen molar-refractivity contribution < 1.29 is 23.9 Å². The Morgan fingerprint density at radius 1 is 1.13 bits per heavy atom. The van der Waals surface area contributed by atoms with Crippen molar-refractivity contribution >= 4 is 23.4 Å².